The zero-order valence-electron chi connectivity index (χ0n) is 11.7. The Labute approximate surface area is 126 Å². The molecule has 112 valence electrons. The van der Waals surface area contributed by atoms with Crippen molar-refractivity contribution in [2.24, 2.45) is 11.8 Å². The van der Waals surface area contributed by atoms with Crippen LogP contribution in [0.3, 0.4) is 0 Å². The Hall–Kier alpha value is -0.650. The van der Waals surface area contributed by atoms with E-state index in [4.69, 9.17) is 11.6 Å². The Morgan fingerprint density at radius 1 is 1.45 bits per heavy atom. The molecule has 1 aliphatic carbocycles. The van der Waals surface area contributed by atoms with Crippen LogP contribution < -0.4 is 4.72 Å². The predicted octanol–water partition coefficient (Wildman–Crippen LogP) is 3.23. The van der Waals surface area contributed by atoms with Crippen LogP contribution in [0.4, 0.5) is 0 Å². The number of nitrogens with one attached hydrogen (secondary N) is 1. The maximum absolute atomic E-state index is 12.1. The average molecular weight is 317 g/mol. The molecule has 1 aliphatic rings. The van der Waals surface area contributed by atoms with Gasteiger partial charge in [0, 0.05) is 12.7 Å². The van der Waals surface area contributed by atoms with Gasteiger partial charge in [-0.15, -0.1) is 0 Å². The Morgan fingerprint density at radius 3 is 2.95 bits per heavy atom. The van der Waals surface area contributed by atoms with Crippen molar-refractivity contribution in [2.45, 2.75) is 43.9 Å². The molecule has 4 nitrogen and oxygen atoms in total. The third-order valence-corrected chi connectivity index (χ3v) is 5.81. The van der Waals surface area contributed by atoms with Gasteiger partial charge < -0.3 is 0 Å². The van der Waals surface area contributed by atoms with E-state index in [1.54, 1.807) is 6.07 Å². The second kappa shape index (κ2) is 6.87. The van der Waals surface area contributed by atoms with Gasteiger partial charge in [-0.05, 0) is 36.8 Å². The van der Waals surface area contributed by atoms with Crippen molar-refractivity contribution in [1.82, 2.24) is 9.71 Å². The van der Waals surface area contributed by atoms with E-state index < -0.39 is 10.0 Å². The Bertz CT molecular complexity index is 548. The molecule has 0 radical (unpaired) electrons. The third-order valence-electron chi connectivity index (χ3n) is 3.90. The lowest BCUT2D eigenvalue weighted by molar-refractivity contribution is 0.271. The molecule has 2 rings (SSSR count). The summed E-state index contributed by atoms with van der Waals surface area (Å²) in [5, 5.41) is 0.0197. The zero-order valence-corrected chi connectivity index (χ0v) is 13.3. The number of hydrogen-bond donors (Lipinski definition) is 1. The summed E-state index contributed by atoms with van der Waals surface area (Å²) in [7, 11) is -3.55. The minimum Gasteiger partial charge on any atom is -0.243 e. The molecule has 1 fully saturated rings. The first-order chi connectivity index (χ1) is 9.49. The highest BCUT2D eigenvalue weighted by Gasteiger charge is 2.21. The lowest BCUT2D eigenvalue weighted by atomic mass is 9.81. The summed E-state index contributed by atoms with van der Waals surface area (Å²) in [5.74, 6) is 1.39. The van der Waals surface area contributed by atoms with E-state index in [2.05, 4.69) is 16.6 Å². The SMILES string of the molecule is CC1CCCC(CCNS(=O)(=O)c2cccnc2Cl)C1. The summed E-state index contributed by atoms with van der Waals surface area (Å²) >= 11 is 5.83. The number of nitrogens with zero attached hydrogens (tertiary/aromatic N) is 1. The van der Waals surface area contributed by atoms with Gasteiger partial charge in [0.2, 0.25) is 10.0 Å². The topological polar surface area (TPSA) is 59.1 Å². The highest BCUT2D eigenvalue weighted by molar-refractivity contribution is 7.89. The summed E-state index contributed by atoms with van der Waals surface area (Å²) in [6, 6.07) is 3.05. The maximum atomic E-state index is 12.1. The van der Waals surface area contributed by atoms with E-state index in [1.807, 2.05) is 0 Å². The van der Waals surface area contributed by atoms with E-state index >= 15 is 0 Å². The van der Waals surface area contributed by atoms with Crippen molar-refractivity contribution in [3.8, 4) is 0 Å². The molecule has 1 saturated carbocycles. The van der Waals surface area contributed by atoms with Crippen molar-refractivity contribution in [1.29, 1.82) is 0 Å². The van der Waals surface area contributed by atoms with Crippen LogP contribution >= 0.6 is 11.6 Å². The number of hydrogen-bond acceptors (Lipinski definition) is 3. The number of pyridine rings is 1. The highest BCUT2D eigenvalue weighted by Crippen LogP contribution is 2.30. The fourth-order valence-corrected chi connectivity index (χ4v) is 4.37. The number of aromatic nitrogens is 1. The van der Waals surface area contributed by atoms with Crippen LogP contribution in [0.1, 0.15) is 39.0 Å². The number of halogens is 1. The molecule has 0 bridgehead atoms. The molecule has 20 heavy (non-hydrogen) atoms. The minimum atomic E-state index is -3.55. The summed E-state index contributed by atoms with van der Waals surface area (Å²) in [6.45, 7) is 2.73. The van der Waals surface area contributed by atoms with E-state index in [-0.39, 0.29) is 10.0 Å². The van der Waals surface area contributed by atoms with Gasteiger partial charge in [-0.2, -0.15) is 0 Å². The van der Waals surface area contributed by atoms with Crippen molar-refractivity contribution in [3.05, 3.63) is 23.5 Å². The van der Waals surface area contributed by atoms with E-state index in [0.29, 0.717) is 12.5 Å². The first-order valence-corrected chi connectivity index (χ1v) is 8.95. The van der Waals surface area contributed by atoms with E-state index in [1.165, 1.54) is 37.9 Å². The van der Waals surface area contributed by atoms with Crippen molar-refractivity contribution < 1.29 is 8.42 Å². The van der Waals surface area contributed by atoms with Gasteiger partial charge >= 0.3 is 0 Å². The number of rotatable bonds is 5. The largest absolute Gasteiger partial charge is 0.243 e. The van der Waals surface area contributed by atoms with Gasteiger partial charge in [0.1, 0.15) is 10.0 Å². The standard InChI is InChI=1S/C14H21ClN2O2S/c1-11-4-2-5-12(10-11)7-9-17-20(18,19)13-6-3-8-16-14(13)15/h3,6,8,11-12,17H,2,4-5,7,9-10H2,1H3. The highest BCUT2D eigenvalue weighted by atomic mass is 35.5. The Morgan fingerprint density at radius 2 is 2.25 bits per heavy atom. The van der Waals surface area contributed by atoms with Gasteiger partial charge in [-0.3, -0.25) is 0 Å². The molecule has 1 heterocycles. The smallest absolute Gasteiger partial charge is 0.243 e. The van der Waals surface area contributed by atoms with Crippen molar-refractivity contribution in [2.75, 3.05) is 6.54 Å². The van der Waals surface area contributed by atoms with E-state index in [0.717, 1.165) is 12.3 Å². The first kappa shape index (κ1) is 15.7. The van der Waals surface area contributed by atoms with Gasteiger partial charge in [0.15, 0.2) is 0 Å². The second-order valence-electron chi connectivity index (χ2n) is 5.62. The molecule has 0 spiro atoms. The quantitative estimate of drug-likeness (QED) is 0.848. The molecule has 6 heteroatoms. The molecule has 2 unspecified atom stereocenters. The average Bonchev–Trinajstić information content (AvgIpc) is 2.39. The summed E-state index contributed by atoms with van der Waals surface area (Å²) < 4.78 is 26.9. The minimum absolute atomic E-state index is 0.0197. The van der Waals surface area contributed by atoms with Crippen LogP contribution in [0.5, 0.6) is 0 Å². The number of sulfonamides is 1. The molecule has 2 atom stereocenters. The first-order valence-electron chi connectivity index (χ1n) is 7.09. The van der Waals surface area contributed by atoms with E-state index in [9.17, 15) is 8.42 Å². The lowest BCUT2D eigenvalue weighted by Gasteiger charge is -2.26. The molecule has 1 N–H and O–H groups in total. The molecular formula is C14H21ClN2O2S. The molecule has 1 aromatic rings. The normalized spacial score (nSPS) is 23.7. The summed E-state index contributed by atoms with van der Waals surface area (Å²) in [6.07, 6.45) is 7.34. The van der Waals surface area contributed by atoms with Crippen molar-refractivity contribution in [3.63, 3.8) is 0 Å². The fraction of sp³-hybridized carbons (Fsp3) is 0.643. The summed E-state index contributed by atoms with van der Waals surface area (Å²) in [5.41, 5.74) is 0. The van der Waals surface area contributed by atoms with Gasteiger partial charge in [0.05, 0.1) is 0 Å². The maximum Gasteiger partial charge on any atom is 0.243 e. The monoisotopic (exact) mass is 316 g/mol. The van der Waals surface area contributed by atoms with Crippen LogP contribution in [0.15, 0.2) is 23.2 Å². The molecule has 0 aliphatic heterocycles. The molecule has 0 saturated heterocycles. The molecule has 1 aromatic heterocycles. The van der Waals surface area contributed by atoms with Crippen LogP contribution in [0.25, 0.3) is 0 Å². The Kier molecular flexibility index (Phi) is 5.41. The molecular weight excluding hydrogens is 296 g/mol. The van der Waals surface area contributed by atoms with Gasteiger partial charge in [0.25, 0.3) is 0 Å². The van der Waals surface area contributed by atoms with Gasteiger partial charge in [-0.1, -0.05) is 37.8 Å². The van der Waals surface area contributed by atoms with Crippen LogP contribution in [0.2, 0.25) is 5.15 Å². The predicted molar refractivity (Wildman–Crippen MR) is 80.2 cm³/mol. The van der Waals surface area contributed by atoms with Crippen molar-refractivity contribution >= 4 is 21.6 Å². The van der Waals surface area contributed by atoms with Crippen LogP contribution in [-0.2, 0) is 10.0 Å². The molecule has 0 aromatic carbocycles. The second-order valence-corrected chi connectivity index (χ2v) is 7.71. The van der Waals surface area contributed by atoms with Crippen LogP contribution in [0, 0.1) is 11.8 Å². The zero-order chi connectivity index (χ0) is 14.6. The van der Waals surface area contributed by atoms with Crippen LogP contribution in [-0.4, -0.2) is 19.9 Å². The molecule has 0 amide bonds. The Balaban J connectivity index is 1.88. The fourth-order valence-electron chi connectivity index (χ4n) is 2.87. The van der Waals surface area contributed by atoms with Gasteiger partial charge in [-0.25, -0.2) is 18.1 Å². The third kappa shape index (κ3) is 4.17. The lowest BCUT2D eigenvalue weighted by Crippen LogP contribution is -2.27. The summed E-state index contributed by atoms with van der Waals surface area (Å²) in [4.78, 5) is 3.85.